The Kier molecular flexibility index (Phi) is 48.9. The largest absolute Gasteiger partial charge is 0.328 e. The molecule has 104 heavy (non-hydrogen) atoms. The van der Waals surface area contributed by atoms with E-state index in [1.54, 1.807) is 0 Å². The summed E-state index contributed by atoms with van der Waals surface area (Å²) in [7, 11) is 0. The second-order valence-electron chi connectivity index (χ2n) is 36.9. The Balaban J connectivity index is 0.000000547. The zero-order valence-corrected chi connectivity index (χ0v) is 70.2. The number of hydrogen-bond donors (Lipinski definition) is 21. The van der Waals surface area contributed by atoms with Crippen molar-refractivity contribution in [2.45, 2.75) is 525 Å². The fourth-order valence-electron chi connectivity index (χ4n) is 6.20. The second kappa shape index (κ2) is 50.3. The monoisotopic (exact) mass is 1480 g/mol. The fourth-order valence-corrected chi connectivity index (χ4v) is 6.20. The van der Waals surface area contributed by atoms with E-state index in [0.717, 1.165) is 64.2 Å². The van der Waals surface area contributed by atoms with Crippen molar-refractivity contribution in [3.05, 3.63) is 0 Å². The molecule has 624 valence electrons. The van der Waals surface area contributed by atoms with E-state index < -0.39 is 0 Å². The lowest BCUT2D eigenvalue weighted by molar-refractivity contribution is 0.650. The summed E-state index contributed by atoms with van der Waals surface area (Å²) in [6.07, 6.45) is 64.5. The van der Waals surface area contributed by atoms with E-state index in [0.29, 0.717) is 122 Å². The topological polar surface area (TPSA) is 546 Å². The van der Waals surface area contributed by atoms with Gasteiger partial charge in [-0.05, 0) is 334 Å². The lowest BCUT2D eigenvalue weighted by atomic mass is 10.2. The molecule has 0 aromatic carbocycles. The van der Waals surface area contributed by atoms with Crippen LogP contribution < -0.4 is 120 Å². The van der Waals surface area contributed by atoms with Crippen LogP contribution in [0.25, 0.3) is 0 Å². The van der Waals surface area contributed by atoms with Crippen LogP contribution in [-0.4, -0.2) is 122 Å². The average molecular weight is 1480 g/mol. The highest BCUT2D eigenvalue weighted by Gasteiger charge is 2.40. The van der Waals surface area contributed by atoms with Gasteiger partial charge in [0.2, 0.25) is 0 Å². The van der Waals surface area contributed by atoms with Crippen molar-refractivity contribution < 1.29 is 0 Å². The Morgan fingerprint density at radius 1 is 0.135 bits per heavy atom. The predicted molar refractivity (Wildman–Crippen MR) is 454 cm³/mol. The van der Waals surface area contributed by atoms with Gasteiger partial charge in [0.1, 0.15) is 0 Å². The Hall–Kier alpha value is -0.840. The highest BCUT2D eigenvalue weighted by atomic mass is 14.9. The van der Waals surface area contributed by atoms with Crippen molar-refractivity contribution in [3.8, 4) is 0 Å². The Bertz CT molecular complexity index is 1560. The first-order chi connectivity index (χ1) is 48.5. The summed E-state index contributed by atoms with van der Waals surface area (Å²) in [4.78, 5) is 0. The minimum atomic E-state index is 0.292. The van der Waals surface area contributed by atoms with Crippen molar-refractivity contribution in [2.24, 2.45) is 120 Å². The molecule has 0 aromatic heterocycles. The lowest BCUT2D eigenvalue weighted by Gasteiger charge is -1.98. The van der Waals surface area contributed by atoms with Crippen LogP contribution in [0.1, 0.15) is 403 Å². The van der Waals surface area contributed by atoms with E-state index >= 15 is 0 Å². The first kappa shape index (κ1) is 101. The normalized spacial score (nSPS) is 26.7. The Morgan fingerprint density at radius 3 is 0.173 bits per heavy atom. The van der Waals surface area contributed by atoms with E-state index in [1.165, 1.54) is 270 Å². The predicted octanol–water partition coefficient (Wildman–Crippen LogP) is 10.1. The van der Waals surface area contributed by atoms with Gasteiger partial charge in [-0.25, -0.2) is 0 Å². The molecule has 21 aliphatic rings. The molecule has 0 bridgehead atoms. The smallest absolute Gasteiger partial charge is 0.0153 e. The van der Waals surface area contributed by atoms with Gasteiger partial charge in [-0.15, -0.1) is 0 Å². The maximum atomic E-state index is 5.65. The maximum absolute atomic E-state index is 5.65. The van der Waals surface area contributed by atoms with Crippen LogP contribution in [0.2, 0.25) is 0 Å². The van der Waals surface area contributed by atoms with Crippen LogP contribution in [-0.2, 0) is 0 Å². The molecule has 21 fully saturated rings. The van der Waals surface area contributed by atoms with Crippen molar-refractivity contribution in [1.82, 2.24) is 0 Å². The average Bonchev–Trinajstić information content (AvgIpc) is 1.75. The van der Waals surface area contributed by atoms with Crippen molar-refractivity contribution >= 4 is 0 Å². The summed E-state index contributed by atoms with van der Waals surface area (Å²) >= 11 is 0. The fraction of sp³-hybridized carbons (Fsp3) is 1.00. The highest BCUT2D eigenvalue weighted by molar-refractivity contribution is 5.02. The van der Waals surface area contributed by atoms with Crippen molar-refractivity contribution in [1.29, 1.82) is 0 Å². The van der Waals surface area contributed by atoms with Gasteiger partial charge in [0, 0.05) is 122 Å². The van der Waals surface area contributed by atoms with E-state index in [-0.39, 0.29) is 0 Å². The summed E-state index contributed by atoms with van der Waals surface area (Å²) in [5.74, 6) is 0. The zero-order chi connectivity index (χ0) is 79.1. The molecule has 21 saturated carbocycles. The van der Waals surface area contributed by atoms with E-state index in [1.807, 2.05) is 0 Å². The van der Waals surface area contributed by atoms with Crippen LogP contribution >= 0.6 is 0 Å². The summed E-state index contributed by atoms with van der Waals surface area (Å²) in [5.41, 5.74) is 117. The summed E-state index contributed by atoms with van der Waals surface area (Å²) in [6.45, 7) is 21.5. The molecule has 0 radical (unpaired) electrons. The minimum Gasteiger partial charge on any atom is -0.328 e. The molecule has 21 rings (SSSR count). The molecule has 0 aliphatic heterocycles. The van der Waals surface area contributed by atoms with Gasteiger partial charge in [-0.3, -0.25) is 0 Å². The molecule has 42 N–H and O–H groups in total. The van der Waals surface area contributed by atoms with Crippen molar-refractivity contribution in [2.75, 3.05) is 0 Å². The maximum Gasteiger partial charge on any atom is 0.0153 e. The zero-order valence-electron chi connectivity index (χ0n) is 70.2. The third-order valence-electron chi connectivity index (χ3n) is 22.8. The van der Waals surface area contributed by atoms with Gasteiger partial charge >= 0.3 is 0 Å². The van der Waals surface area contributed by atoms with Crippen LogP contribution in [0.4, 0.5) is 0 Å². The number of hydrogen-bond acceptors (Lipinski definition) is 21. The number of nitrogens with two attached hydrogens (primary N) is 21. The van der Waals surface area contributed by atoms with Gasteiger partial charge in [0.15, 0.2) is 0 Å². The first-order valence-corrected chi connectivity index (χ1v) is 43.7. The Morgan fingerprint density at radius 2 is 0.173 bits per heavy atom. The van der Waals surface area contributed by atoms with Crippen LogP contribution in [0.5, 0.6) is 0 Å². The lowest BCUT2D eigenvalue weighted by Crippen LogP contribution is -2.19. The molecule has 0 spiro atoms. The molecule has 0 amide bonds. The quantitative estimate of drug-likeness (QED) is 0.0966. The van der Waals surface area contributed by atoms with E-state index in [9.17, 15) is 0 Å². The molecule has 21 heteroatoms. The minimum absolute atomic E-state index is 0.292. The van der Waals surface area contributed by atoms with E-state index in [4.69, 9.17) is 120 Å². The third-order valence-corrected chi connectivity index (χ3v) is 22.8. The molecule has 21 aliphatic carbocycles. The molecular formula is C83H187N21. The van der Waals surface area contributed by atoms with Gasteiger partial charge in [-0.2, -0.15) is 0 Å². The van der Waals surface area contributed by atoms with Gasteiger partial charge in [-0.1, -0.05) is 69.2 Å². The van der Waals surface area contributed by atoms with Gasteiger partial charge < -0.3 is 120 Å². The molecule has 21 nitrogen and oxygen atoms in total. The summed E-state index contributed by atoms with van der Waals surface area (Å²) < 4.78 is 0. The first-order valence-electron chi connectivity index (χ1n) is 43.7. The van der Waals surface area contributed by atoms with Crippen LogP contribution in [0.15, 0.2) is 0 Å². The summed E-state index contributed by atoms with van der Waals surface area (Å²) in [6, 6.07) is 6.42. The van der Waals surface area contributed by atoms with Gasteiger partial charge in [0.25, 0.3) is 0 Å². The van der Waals surface area contributed by atoms with E-state index in [2.05, 4.69) is 69.2 Å². The Labute approximate surface area is 642 Å². The SMILES string of the molecule is CCC1(N)CC1.CCC1(N)CC1.CCC1(N)CC1.CCC1(N)CC1.CCC1(N)CC1.CCC1(N)CC1.CCC1(N)CC1.CCC1(N)CC1.CCC1(N)CC1.CCC1(N)CC1.NC1CC1.NC1CC1.NC1CC1.NC1CC1.NC1CC1.NC1CC1.NC1CC1.NC1CC1.NC1CC1.NC1CC1.NC1CC1. The van der Waals surface area contributed by atoms with Crippen LogP contribution in [0, 0.1) is 0 Å². The molecular weight excluding hydrogens is 1290 g/mol. The van der Waals surface area contributed by atoms with Gasteiger partial charge in [0.05, 0.1) is 0 Å². The summed E-state index contributed by atoms with van der Waals surface area (Å²) in [5, 5.41) is 0. The molecule has 0 unspecified atom stereocenters. The molecule has 0 aromatic rings. The molecule has 0 heterocycles. The molecule has 0 saturated heterocycles. The van der Waals surface area contributed by atoms with Crippen molar-refractivity contribution in [3.63, 3.8) is 0 Å². The number of rotatable bonds is 10. The second-order valence-corrected chi connectivity index (χ2v) is 36.9. The standard InChI is InChI=1S/10C5H11N.11C3H7N/c10*1-2-5(6)3-4-5;11*4-3-1-2-3/h10*2-4,6H2,1H3;11*3H,1-2,4H2. The van der Waals surface area contributed by atoms with Crippen LogP contribution in [0.3, 0.4) is 0 Å². The third kappa shape index (κ3) is 80.7. The highest BCUT2D eigenvalue weighted by Crippen LogP contribution is 2.40. The molecule has 0 atom stereocenters.